The smallest absolute Gasteiger partial charge is 0.303 e. The van der Waals surface area contributed by atoms with Gasteiger partial charge in [0, 0.05) is 33.4 Å². The van der Waals surface area contributed by atoms with Crippen molar-refractivity contribution in [3.05, 3.63) is 0 Å². The van der Waals surface area contributed by atoms with Gasteiger partial charge >= 0.3 is 5.97 Å². The second-order valence-corrected chi connectivity index (χ2v) is 3.78. The van der Waals surface area contributed by atoms with E-state index in [9.17, 15) is 4.79 Å². The molecule has 0 aromatic rings. The molecular weight excluding hydrogens is 224 g/mol. The highest BCUT2D eigenvalue weighted by Gasteiger charge is 1.96. The third-order valence-electron chi connectivity index (χ3n) is 2.19. The number of methoxy groups -OCH3 is 1. The molecule has 1 N–H and O–H groups in total. The van der Waals surface area contributed by atoms with Crippen LogP contribution >= 0.6 is 0 Å². The SMILES string of the molecule is COCCCOCCOCCCCCC(=O)O. The van der Waals surface area contributed by atoms with Gasteiger partial charge in [-0.05, 0) is 19.3 Å². The lowest BCUT2D eigenvalue weighted by molar-refractivity contribution is -0.137. The van der Waals surface area contributed by atoms with Crippen LogP contribution in [0.1, 0.15) is 32.1 Å². The fraction of sp³-hybridized carbons (Fsp3) is 0.917. The highest BCUT2D eigenvalue weighted by Crippen LogP contribution is 1.99. The topological polar surface area (TPSA) is 65.0 Å². The van der Waals surface area contributed by atoms with Crippen molar-refractivity contribution in [1.29, 1.82) is 0 Å². The molecule has 102 valence electrons. The van der Waals surface area contributed by atoms with E-state index in [-0.39, 0.29) is 6.42 Å². The van der Waals surface area contributed by atoms with Gasteiger partial charge in [-0.25, -0.2) is 0 Å². The zero-order valence-electron chi connectivity index (χ0n) is 10.7. The third-order valence-corrected chi connectivity index (χ3v) is 2.19. The van der Waals surface area contributed by atoms with Crippen molar-refractivity contribution in [1.82, 2.24) is 0 Å². The molecule has 0 aliphatic rings. The van der Waals surface area contributed by atoms with E-state index >= 15 is 0 Å². The van der Waals surface area contributed by atoms with Crippen molar-refractivity contribution in [3.8, 4) is 0 Å². The van der Waals surface area contributed by atoms with Crippen molar-refractivity contribution >= 4 is 5.97 Å². The van der Waals surface area contributed by atoms with Gasteiger partial charge in [0.25, 0.3) is 0 Å². The minimum atomic E-state index is -0.727. The van der Waals surface area contributed by atoms with Crippen LogP contribution in [0.3, 0.4) is 0 Å². The summed E-state index contributed by atoms with van der Waals surface area (Å²) in [6.45, 7) is 3.33. The van der Waals surface area contributed by atoms with Gasteiger partial charge in [-0.3, -0.25) is 4.79 Å². The average Bonchev–Trinajstić information content (AvgIpc) is 2.30. The maximum absolute atomic E-state index is 10.2. The monoisotopic (exact) mass is 248 g/mol. The van der Waals surface area contributed by atoms with E-state index in [0.717, 1.165) is 32.3 Å². The average molecular weight is 248 g/mol. The van der Waals surface area contributed by atoms with E-state index in [1.54, 1.807) is 7.11 Å². The molecule has 0 aliphatic heterocycles. The predicted molar refractivity (Wildman–Crippen MR) is 64.2 cm³/mol. The van der Waals surface area contributed by atoms with Gasteiger partial charge < -0.3 is 19.3 Å². The molecule has 0 aliphatic carbocycles. The zero-order chi connectivity index (χ0) is 12.8. The summed E-state index contributed by atoms with van der Waals surface area (Å²) in [5.41, 5.74) is 0. The van der Waals surface area contributed by atoms with E-state index in [2.05, 4.69) is 0 Å². The summed E-state index contributed by atoms with van der Waals surface area (Å²) in [7, 11) is 1.67. The summed E-state index contributed by atoms with van der Waals surface area (Å²) in [5.74, 6) is -0.727. The summed E-state index contributed by atoms with van der Waals surface area (Å²) in [5, 5.41) is 8.42. The molecule has 0 unspecified atom stereocenters. The van der Waals surface area contributed by atoms with E-state index in [0.29, 0.717) is 26.4 Å². The normalized spacial score (nSPS) is 10.6. The van der Waals surface area contributed by atoms with Gasteiger partial charge in [-0.1, -0.05) is 6.42 Å². The summed E-state index contributed by atoms with van der Waals surface area (Å²) in [6, 6.07) is 0. The van der Waals surface area contributed by atoms with E-state index in [1.165, 1.54) is 0 Å². The molecule has 0 amide bonds. The molecule has 0 saturated heterocycles. The first-order valence-electron chi connectivity index (χ1n) is 6.13. The maximum atomic E-state index is 10.2. The molecule has 0 heterocycles. The Labute approximate surface area is 103 Å². The summed E-state index contributed by atoms with van der Waals surface area (Å²) in [4.78, 5) is 10.2. The number of aliphatic carboxylic acids is 1. The number of carboxylic acid groups (broad SMARTS) is 1. The van der Waals surface area contributed by atoms with Crippen LogP contribution < -0.4 is 0 Å². The predicted octanol–water partition coefficient (Wildman–Crippen LogP) is 1.70. The Morgan fingerprint density at radius 1 is 0.882 bits per heavy atom. The van der Waals surface area contributed by atoms with Crippen molar-refractivity contribution in [2.24, 2.45) is 0 Å². The molecule has 0 aromatic heterocycles. The molecule has 5 heteroatoms. The molecule has 0 aromatic carbocycles. The lowest BCUT2D eigenvalue weighted by atomic mass is 10.2. The Morgan fingerprint density at radius 3 is 2.12 bits per heavy atom. The van der Waals surface area contributed by atoms with Gasteiger partial charge in [0.2, 0.25) is 0 Å². The zero-order valence-corrected chi connectivity index (χ0v) is 10.7. The number of carbonyl (C=O) groups is 1. The molecule has 0 saturated carbocycles. The van der Waals surface area contributed by atoms with Crippen LogP contribution in [0.5, 0.6) is 0 Å². The van der Waals surface area contributed by atoms with Crippen molar-refractivity contribution in [2.45, 2.75) is 32.1 Å². The molecular formula is C12H24O5. The first-order chi connectivity index (χ1) is 8.27. The number of rotatable bonds is 13. The first kappa shape index (κ1) is 16.4. The van der Waals surface area contributed by atoms with E-state index in [1.807, 2.05) is 0 Å². The van der Waals surface area contributed by atoms with Gasteiger partial charge in [0.1, 0.15) is 0 Å². The number of unbranched alkanes of at least 4 members (excludes halogenated alkanes) is 2. The molecule has 0 radical (unpaired) electrons. The van der Waals surface area contributed by atoms with Crippen LogP contribution in [-0.2, 0) is 19.0 Å². The van der Waals surface area contributed by atoms with Crippen molar-refractivity contribution in [3.63, 3.8) is 0 Å². The first-order valence-corrected chi connectivity index (χ1v) is 6.13. The summed E-state index contributed by atoms with van der Waals surface area (Å²) in [6.07, 6.45) is 3.71. The highest BCUT2D eigenvalue weighted by atomic mass is 16.5. The molecule has 0 atom stereocenters. The van der Waals surface area contributed by atoms with Crippen LogP contribution in [0, 0.1) is 0 Å². The fourth-order valence-electron chi connectivity index (χ4n) is 1.28. The largest absolute Gasteiger partial charge is 0.481 e. The minimum absolute atomic E-state index is 0.253. The van der Waals surface area contributed by atoms with Crippen LogP contribution in [0.4, 0.5) is 0 Å². The summed E-state index contributed by atoms with van der Waals surface area (Å²) >= 11 is 0. The maximum Gasteiger partial charge on any atom is 0.303 e. The molecule has 17 heavy (non-hydrogen) atoms. The number of ether oxygens (including phenoxy) is 3. The fourth-order valence-corrected chi connectivity index (χ4v) is 1.28. The Hall–Kier alpha value is -0.650. The molecule has 0 rings (SSSR count). The Morgan fingerprint density at radius 2 is 1.53 bits per heavy atom. The van der Waals surface area contributed by atoms with E-state index in [4.69, 9.17) is 19.3 Å². The molecule has 0 bridgehead atoms. The quantitative estimate of drug-likeness (QED) is 0.503. The van der Waals surface area contributed by atoms with Crippen molar-refractivity contribution < 1.29 is 24.1 Å². The number of hydrogen-bond donors (Lipinski definition) is 1. The standard InChI is InChI=1S/C12H24O5/c1-15-7-5-9-17-11-10-16-8-4-2-3-6-12(13)14/h2-11H2,1H3,(H,13,14). The number of carboxylic acids is 1. The van der Waals surface area contributed by atoms with E-state index < -0.39 is 5.97 Å². The second kappa shape index (κ2) is 13.4. The highest BCUT2D eigenvalue weighted by molar-refractivity contribution is 5.66. The third kappa shape index (κ3) is 15.4. The number of hydrogen-bond acceptors (Lipinski definition) is 4. The van der Waals surface area contributed by atoms with Crippen LogP contribution in [0.25, 0.3) is 0 Å². The minimum Gasteiger partial charge on any atom is -0.481 e. The van der Waals surface area contributed by atoms with Gasteiger partial charge in [-0.2, -0.15) is 0 Å². The van der Waals surface area contributed by atoms with Gasteiger partial charge in [0.05, 0.1) is 13.2 Å². The van der Waals surface area contributed by atoms with Crippen molar-refractivity contribution in [2.75, 3.05) is 40.1 Å². The lowest BCUT2D eigenvalue weighted by Gasteiger charge is -2.05. The van der Waals surface area contributed by atoms with Gasteiger partial charge in [0.15, 0.2) is 0 Å². The Bertz CT molecular complexity index is 172. The Kier molecular flexibility index (Phi) is 12.9. The van der Waals surface area contributed by atoms with Crippen LogP contribution in [0.2, 0.25) is 0 Å². The summed E-state index contributed by atoms with van der Waals surface area (Å²) < 4.78 is 15.5. The van der Waals surface area contributed by atoms with Crippen LogP contribution in [0.15, 0.2) is 0 Å². The second-order valence-electron chi connectivity index (χ2n) is 3.78. The van der Waals surface area contributed by atoms with Gasteiger partial charge in [-0.15, -0.1) is 0 Å². The van der Waals surface area contributed by atoms with Crippen LogP contribution in [-0.4, -0.2) is 51.2 Å². The lowest BCUT2D eigenvalue weighted by Crippen LogP contribution is -2.07. The molecule has 0 fully saturated rings. The Balaban J connectivity index is 2.91. The molecule has 0 spiro atoms. The molecule has 5 nitrogen and oxygen atoms in total.